The Balaban J connectivity index is 1.23. The second-order valence-corrected chi connectivity index (χ2v) is 11.2. The van der Waals surface area contributed by atoms with Crippen LogP contribution < -0.4 is 10.0 Å². The van der Waals surface area contributed by atoms with Gasteiger partial charge in [-0.15, -0.1) is 11.8 Å². The Morgan fingerprint density at radius 2 is 1.61 bits per heavy atom. The van der Waals surface area contributed by atoms with Crippen LogP contribution in [0.1, 0.15) is 26.9 Å². The minimum Gasteiger partial charge on any atom is -0.322 e. The van der Waals surface area contributed by atoms with E-state index in [1.807, 2.05) is 47.4 Å². The lowest BCUT2D eigenvalue weighted by Gasteiger charge is -2.24. The van der Waals surface area contributed by atoms with Gasteiger partial charge in [-0.05, 0) is 53.6 Å². The average molecular weight is 546 g/mol. The van der Waals surface area contributed by atoms with E-state index in [9.17, 15) is 18.0 Å². The third kappa shape index (κ3) is 5.84. The van der Waals surface area contributed by atoms with E-state index < -0.39 is 10.0 Å². The van der Waals surface area contributed by atoms with E-state index in [1.54, 1.807) is 30.0 Å². The summed E-state index contributed by atoms with van der Waals surface area (Å²) in [5.41, 5.74) is 2.89. The highest BCUT2D eigenvalue weighted by molar-refractivity contribution is 8.00. The minimum atomic E-state index is -3.87. The molecule has 2 N–H and O–H groups in total. The minimum absolute atomic E-state index is 0.0102. The molecular formula is C27H23N5O4S2. The zero-order chi connectivity index (χ0) is 26.5. The largest absolute Gasteiger partial charge is 0.322 e. The number of rotatable bonds is 8. The number of carbonyl (C=O) groups is 2. The number of amides is 2. The van der Waals surface area contributed by atoms with Crippen LogP contribution in [0, 0.1) is 0 Å². The number of aromatic nitrogens is 2. The summed E-state index contributed by atoms with van der Waals surface area (Å²) in [6.07, 6.45) is 2.87. The van der Waals surface area contributed by atoms with Gasteiger partial charge in [-0.3, -0.25) is 9.59 Å². The van der Waals surface area contributed by atoms with Crippen molar-refractivity contribution < 1.29 is 18.0 Å². The van der Waals surface area contributed by atoms with Gasteiger partial charge in [0.1, 0.15) is 5.37 Å². The summed E-state index contributed by atoms with van der Waals surface area (Å²) in [4.78, 5) is 34.9. The lowest BCUT2D eigenvalue weighted by molar-refractivity contribution is -0.128. The first-order valence-electron chi connectivity index (χ1n) is 11.7. The Bertz CT molecular complexity index is 1530. The van der Waals surface area contributed by atoms with Crippen molar-refractivity contribution >= 4 is 45.2 Å². The van der Waals surface area contributed by atoms with E-state index in [1.165, 1.54) is 36.7 Å². The van der Waals surface area contributed by atoms with Gasteiger partial charge in [0.05, 0.1) is 10.6 Å². The Hall–Kier alpha value is -4.22. The molecule has 2 heterocycles. The Morgan fingerprint density at radius 1 is 0.921 bits per heavy atom. The van der Waals surface area contributed by atoms with E-state index in [2.05, 4.69) is 20.0 Å². The fourth-order valence-electron chi connectivity index (χ4n) is 3.93. The molecule has 1 aliphatic rings. The van der Waals surface area contributed by atoms with Crippen molar-refractivity contribution in [1.29, 1.82) is 0 Å². The number of nitrogens with zero attached hydrogens (tertiary/aromatic N) is 3. The molecule has 0 unspecified atom stereocenters. The van der Waals surface area contributed by atoms with Crippen LogP contribution in [0.4, 0.5) is 11.6 Å². The molecule has 1 aliphatic heterocycles. The maximum atomic E-state index is 12.8. The Morgan fingerprint density at radius 3 is 2.29 bits per heavy atom. The number of hydrogen-bond donors (Lipinski definition) is 2. The number of anilines is 2. The first-order chi connectivity index (χ1) is 18.4. The molecule has 9 nitrogen and oxygen atoms in total. The van der Waals surface area contributed by atoms with Crippen LogP contribution in [0.5, 0.6) is 0 Å². The number of hydrogen-bond acceptors (Lipinski definition) is 7. The first kappa shape index (κ1) is 25.4. The standard InChI is InChI=1S/C27H23N5O4S2/c33-24-18-37-26(32(24)17-19-5-2-1-3-6-19)21-9-7-20(8-10-21)25(34)30-22-11-13-23(14-12-22)38(35,36)31-27-28-15-4-16-29-27/h1-16,26H,17-18H2,(H,30,34)(H,28,29,31)/t26-/m1/s1. The second kappa shape index (κ2) is 11.0. The normalized spacial score (nSPS) is 15.3. The highest BCUT2D eigenvalue weighted by atomic mass is 32.2. The third-order valence-electron chi connectivity index (χ3n) is 5.84. The highest BCUT2D eigenvalue weighted by Crippen LogP contribution is 2.39. The predicted molar refractivity (Wildman–Crippen MR) is 146 cm³/mol. The summed E-state index contributed by atoms with van der Waals surface area (Å²) in [5.74, 6) is 0.137. The topological polar surface area (TPSA) is 121 Å². The lowest BCUT2D eigenvalue weighted by Crippen LogP contribution is -2.27. The van der Waals surface area contributed by atoms with Gasteiger partial charge in [0.25, 0.3) is 15.9 Å². The summed E-state index contributed by atoms with van der Waals surface area (Å²) >= 11 is 1.57. The summed E-state index contributed by atoms with van der Waals surface area (Å²) in [6, 6.07) is 24.4. The second-order valence-electron chi connectivity index (χ2n) is 8.45. The highest BCUT2D eigenvalue weighted by Gasteiger charge is 2.32. The van der Waals surface area contributed by atoms with Crippen molar-refractivity contribution in [2.75, 3.05) is 15.8 Å². The molecule has 2 amide bonds. The monoisotopic (exact) mass is 545 g/mol. The predicted octanol–water partition coefficient (Wildman–Crippen LogP) is 4.30. The maximum absolute atomic E-state index is 12.8. The summed E-state index contributed by atoms with van der Waals surface area (Å²) in [6.45, 7) is 0.527. The number of nitrogens with one attached hydrogen (secondary N) is 2. The molecule has 192 valence electrons. The van der Waals surface area contributed by atoms with E-state index in [-0.39, 0.29) is 28.0 Å². The van der Waals surface area contributed by atoms with Crippen LogP contribution in [-0.2, 0) is 21.4 Å². The van der Waals surface area contributed by atoms with Crippen molar-refractivity contribution in [3.63, 3.8) is 0 Å². The van der Waals surface area contributed by atoms with E-state index >= 15 is 0 Å². The molecule has 0 radical (unpaired) electrons. The molecule has 0 bridgehead atoms. The van der Waals surface area contributed by atoms with Crippen molar-refractivity contribution in [3.8, 4) is 0 Å². The van der Waals surface area contributed by atoms with Crippen molar-refractivity contribution in [2.24, 2.45) is 0 Å². The average Bonchev–Trinajstić information content (AvgIpc) is 3.29. The van der Waals surface area contributed by atoms with Crippen molar-refractivity contribution in [2.45, 2.75) is 16.8 Å². The quantitative estimate of drug-likeness (QED) is 0.339. The Labute approximate surface area is 224 Å². The first-order valence-corrected chi connectivity index (χ1v) is 14.2. The molecule has 5 rings (SSSR count). The molecule has 1 fully saturated rings. The number of thioether (sulfide) groups is 1. The van der Waals surface area contributed by atoms with Gasteiger partial charge in [0.2, 0.25) is 11.9 Å². The van der Waals surface area contributed by atoms with Crippen LogP contribution in [-0.4, -0.2) is 40.9 Å². The molecule has 4 aromatic rings. The van der Waals surface area contributed by atoms with E-state index in [0.717, 1.165) is 11.1 Å². The molecule has 0 saturated carbocycles. The smallest absolute Gasteiger partial charge is 0.264 e. The van der Waals surface area contributed by atoms with Crippen LogP contribution in [0.15, 0.2) is 102 Å². The van der Waals surface area contributed by atoms with Gasteiger partial charge in [-0.2, -0.15) is 0 Å². The van der Waals surface area contributed by atoms with Crippen LogP contribution in [0.25, 0.3) is 0 Å². The van der Waals surface area contributed by atoms with Gasteiger partial charge in [0, 0.05) is 30.2 Å². The zero-order valence-corrected chi connectivity index (χ0v) is 21.7. The fourth-order valence-corrected chi connectivity index (χ4v) is 6.08. The van der Waals surface area contributed by atoms with Gasteiger partial charge in [-0.1, -0.05) is 42.5 Å². The molecule has 1 saturated heterocycles. The third-order valence-corrected chi connectivity index (χ3v) is 8.44. The molecule has 1 aromatic heterocycles. The number of benzene rings is 3. The van der Waals surface area contributed by atoms with Crippen molar-refractivity contribution in [1.82, 2.24) is 14.9 Å². The molecule has 3 aromatic carbocycles. The zero-order valence-electron chi connectivity index (χ0n) is 20.0. The fraction of sp³-hybridized carbons (Fsp3) is 0.111. The molecular weight excluding hydrogens is 522 g/mol. The molecule has 11 heteroatoms. The molecule has 0 aliphatic carbocycles. The maximum Gasteiger partial charge on any atom is 0.264 e. The summed E-state index contributed by atoms with van der Waals surface area (Å²) in [5, 5.41) is 2.65. The van der Waals surface area contributed by atoms with E-state index in [0.29, 0.717) is 23.5 Å². The van der Waals surface area contributed by atoms with Crippen LogP contribution in [0.2, 0.25) is 0 Å². The summed E-state index contributed by atoms with van der Waals surface area (Å²) in [7, 11) is -3.87. The van der Waals surface area contributed by atoms with Crippen LogP contribution in [0.3, 0.4) is 0 Å². The summed E-state index contributed by atoms with van der Waals surface area (Å²) < 4.78 is 27.4. The lowest BCUT2D eigenvalue weighted by atomic mass is 10.1. The molecule has 38 heavy (non-hydrogen) atoms. The number of sulfonamides is 1. The Kier molecular flexibility index (Phi) is 7.38. The SMILES string of the molecule is O=C(Nc1ccc(S(=O)(=O)Nc2ncccn2)cc1)c1ccc([C@H]2SCC(=O)N2Cc2ccccc2)cc1. The van der Waals surface area contributed by atoms with Gasteiger partial charge >= 0.3 is 0 Å². The van der Waals surface area contributed by atoms with Gasteiger partial charge < -0.3 is 10.2 Å². The van der Waals surface area contributed by atoms with Crippen LogP contribution >= 0.6 is 11.8 Å². The number of carbonyl (C=O) groups excluding carboxylic acids is 2. The molecule has 1 atom stereocenters. The van der Waals surface area contributed by atoms with E-state index in [4.69, 9.17) is 0 Å². The van der Waals surface area contributed by atoms with Gasteiger partial charge in [-0.25, -0.2) is 23.1 Å². The van der Waals surface area contributed by atoms with Gasteiger partial charge in [0.15, 0.2) is 0 Å². The van der Waals surface area contributed by atoms with Crippen molar-refractivity contribution in [3.05, 3.63) is 114 Å². The molecule has 0 spiro atoms.